The fraction of sp³-hybridized carbons (Fsp3) is 0.986. The first-order chi connectivity index (χ1) is 39.7. The summed E-state index contributed by atoms with van der Waals surface area (Å²) in [5.41, 5.74) is 0. The van der Waals surface area contributed by atoms with E-state index in [-0.39, 0.29) is 6.42 Å². The van der Waals surface area contributed by atoms with Crippen molar-refractivity contribution in [1.82, 2.24) is 5.32 Å². The Kier molecular flexibility index (Phi) is 57.3. The summed E-state index contributed by atoms with van der Waals surface area (Å²) in [7, 11) is 0. The second kappa shape index (κ2) is 59.4. The van der Waals surface area contributed by atoms with Gasteiger partial charge in [0.25, 0.3) is 0 Å². The molecule has 1 rings (SSSR count). The van der Waals surface area contributed by atoms with Crippen molar-refractivity contribution >= 4 is 5.91 Å². The van der Waals surface area contributed by atoms with E-state index in [4.69, 9.17) is 9.47 Å². The number of amides is 1. The minimum Gasteiger partial charge on any atom is -0.394 e. The van der Waals surface area contributed by atoms with Crippen LogP contribution >= 0.6 is 0 Å². The lowest BCUT2D eigenvalue weighted by Crippen LogP contribution is -2.60. The molecule has 0 aromatic carbocycles. The second-order valence-corrected chi connectivity index (χ2v) is 25.7. The van der Waals surface area contributed by atoms with Gasteiger partial charge in [0.1, 0.15) is 36.6 Å². The standard InChI is InChI=1S/C70H139NO10/c1-3-5-7-9-11-13-15-17-19-21-23-25-27-29-31-33-35-37-39-41-43-45-47-49-51-53-55-57-62(73)65(75)61(60-80-70-68(78)67(77)66(76)64(59-72)81-70)71-69(79)63(74)58-56-54-52-50-48-46-44-42-40-38-36-34-32-30-28-26-24-22-20-18-16-14-12-10-8-6-4-2/h61-68,70,72-78H,3-60H2,1-2H3,(H,71,79). The highest BCUT2D eigenvalue weighted by Gasteiger charge is 2.44. The molecular formula is C70H139NO10. The Balaban J connectivity index is 2.18. The smallest absolute Gasteiger partial charge is 0.249 e. The van der Waals surface area contributed by atoms with Gasteiger partial charge in [0, 0.05) is 0 Å². The molecule has 9 atom stereocenters. The number of aliphatic hydroxyl groups excluding tert-OH is 7. The Labute approximate surface area is 500 Å². The number of hydrogen-bond acceptors (Lipinski definition) is 10. The fourth-order valence-electron chi connectivity index (χ4n) is 12.2. The topological polar surface area (TPSA) is 189 Å². The molecule has 1 aliphatic rings. The SMILES string of the molecule is CCCCCCCCCCCCCCCCCCCCCCCCCCCCCC(O)C(=O)NC(COC1OC(CO)C(O)C(O)C1O)C(O)C(O)CCCCCCCCCCCCCCCCCCCCCCCCCCCCC. The third-order valence-corrected chi connectivity index (χ3v) is 17.9. The van der Waals surface area contributed by atoms with Crippen molar-refractivity contribution in [3.63, 3.8) is 0 Å². The first-order valence-electron chi connectivity index (χ1n) is 35.9. The summed E-state index contributed by atoms with van der Waals surface area (Å²) in [5, 5.41) is 76.6. The van der Waals surface area contributed by atoms with Gasteiger partial charge in [-0.25, -0.2) is 0 Å². The van der Waals surface area contributed by atoms with E-state index in [1.54, 1.807) is 0 Å². The Bertz CT molecular complexity index is 1280. The van der Waals surface area contributed by atoms with Crippen LogP contribution in [-0.4, -0.2) is 110 Å². The Morgan fingerprint density at radius 3 is 0.914 bits per heavy atom. The molecule has 0 saturated carbocycles. The number of carbonyl (C=O) groups is 1. The van der Waals surface area contributed by atoms with Gasteiger partial charge in [-0.3, -0.25) is 4.79 Å². The number of nitrogens with one attached hydrogen (secondary N) is 1. The first-order valence-corrected chi connectivity index (χ1v) is 35.9. The van der Waals surface area contributed by atoms with Gasteiger partial charge in [-0.2, -0.15) is 0 Å². The molecule has 0 aromatic rings. The molecule has 484 valence electrons. The fourth-order valence-corrected chi connectivity index (χ4v) is 12.2. The summed E-state index contributed by atoms with van der Waals surface area (Å²) < 4.78 is 11.2. The predicted molar refractivity (Wildman–Crippen MR) is 340 cm³/mol. The molecular weight excluding hydrogens is 1010 g/mol. The van der Waals surface area contributed by atoms with Crippen LogP contribution in [0.5, 0.6) is 0 Å². The summed E-state index contributed by atoms with van der Waals surface area (Å²) in [6, 6.07) is -1.16. The molecule has 0 bridgehead atoms. The number of ether oxygens (including phenoxy) is 2. The molecule has 8 N–H and O–H groups in total. The third kappa shape index (κ3) is 46.9. The molecule has 0 aliphatic carbocycles. The molecule has 0 aromatic heterocycles. The molecule has 1 saturated heterocycles. The molecule has 1 heterocycles. The molecule has 11 heteroatoms. The van der Waals surface area contributed by atoms with Gasteiger partial charge < -0.3 is 50.5 Å². The summed E-state index contributed by atoms with van der Waals surface area (Å²) in [4.78, 5) is 13.3. The van der Waals surface area contributed by atoms with Gasteiger partial charge in [-0.1, -0.05) is 361 Å². The van der Waals surface area contributed by atoms with E-state index in [1.807, 2.05) is 0 Å². The van der Waals surface area contributed by atoms with Crippen LogP contribution in [0.25, 0.3) is 0 Å². The largest absolute Gasteiger partial charge is 0.394 e. The van der Waals surface area contributed by atoms with Crippen molar-refractivity contribution in [1.29, 1.82) is 0 Å². The van der Waals surface area contributed by atoms with Gasteiger partial charge in [0.15, 0.2) is 6.29 Å². The Morgan fingerprint density at radius 1 is 0.383 bits per heavy atom. The van der Waals surface area contributed by atoms with Crippen molar-refractivity contribution in [2.75, 3.05) is 13.2 Å². The minimum absolute atomic E-state index is 0.268. The van der Waals surface area contributed by atoms with Gasteiger partial charge in [-0.15, -0.1) is 0 Å². The number of carbonyl (C=O) groups excluding carboxylic acids is 1. The molecule has 11 nitrogen and oxygen atoms in total. The molecule has 1 fully saturated rings. The second-order valence-electron chi connectivity index (χ2n) is 25.7. The van der Waals surface area contributed by atoms with Crippen LogP contribution in [0.3, 0.4) is 0 Å². The van der Waals surface area contributed by atoms with E-state index in [9.17, 15) is 40.5 Å². The van der Waals surface area contributed by atoms with Crippen LogP contribution in [-0.2, 0) is 14.3 Å². The van der Waals surface area contributed by atoms with Crippen molar-refractivity contribution < 1.29 is 50.0 Å². The summed E-state index contributed by atoms with van der Waals surface area (Å²) in [5.74, 6) is -0.686. The Hall–Kier alpha value is -0.890. The van der Waals surface area contributed by atoms with Crippen molar-refractivity contribution in [2.45, 2.75) is 428 Å². The number of aliphatic hydroxyl groups is 7. The van der Waals surface area contributed by atoms with E-state index in [0.29, 0.717) is 19.3 Å². The summed E-state index contributed by atoms with van der Waals surface area (Å²) in [6.45, 7) is 3.53. The van der Waals surface area contributed by atoms with E-state index in [2.05, 4.69) is 19.2 Å². The van der Waals surface area contributed by atoms with Crippen molar-refractivity contribution in [3.8, 4) is 0 Å². The molecule has 0 spiro atoms. The lowest BCUT2D eigenvalue weighted by atomic mass is 9.98. The zero-order valence-electron chi connectivity index (χ0n) is 53.6. The van der Waals surface area contributed by atoms with Gasteiger partial charge in [-0.05, 0) is 12.8 Å². The van der Waals surface area contributed by atoms with Gasteiger partial charge in [0.2, 0.25) is 5.91 Å². The summed E-state index contributed by atoms with van der Waals surface area (Å²) >= 11 is 0. The molecule has 1 aliphatic heterocycles. The maximum absolute atomic E-state index is 13.3. The maximum atomic E-state index is 13.3. The Morgan fingerprint density at radius 2 is 0.642 bits per heavy atom. The lowest BCUT2D eigenvalue weighted by molar-refractivity contribution is -0.303. The quantitative estimate of drug-likeness (QED) is 0.0272. The maximum Gasteiger partial charge on any atom is 0.249 e. The van der Waals surface area contributed by atoms with Gasteiger partial charge in [0.05, 0.1) is 25.4 Å². The zero-order valence-corrected chi connectivity index (χ0v) is 53.6. The normalized spacial score (nSPS) is 19.0. The minimum atomic E-state index is -1.66. The van der Waals surface area contributed by atoms with Crippen molar-refractivity contribution in [2.24, 2.45) is 0 Å². The molecule has 1 amide bonds. The highest BCUT2D eigenvalue weighted by atomic mass is 16.7. The van der Waals surface area contributed by atoms with Crippen LogP contribution < -0.4 is 5.32 Å². The molecule has 81 heavy (non-hydrogen) atoms. The van der Waals surface area contributed by atoms with Crippen LogP contribution in [0.2, 0.25) is 0 Å². The van der Waals surface area contributed by atoms with Crippen LogP contribution in [0.4, 0.5) is 0 Å². The highest BCUT2D eigenvalue weighted by Crippen LogP contribution is 2.24. The molecule has 9 unspecified atom stereocenters. The molecule has 0 radical (unpaired) electrons. The van der Waals surface area contributed by atoms with E-state index in [0.717, 1.165) is 38.5 Å². The van der Waals surface area contributed by atoms with E-state index in [1.165, 1.54) is 295 Å². The van der Waals surface area contributed by atoms with Crippen LogP contribution in [0.15, 0.2) is 0 Å². The number of rotatable bonds is 64. The van der Waals surface area contributed by atoms with Crippen molar-refractivity contribution in [3.05, 3.63) is 0 Å². The highest BCUT2D eigenvalue weighted by molar-refractivity contribution is 5.80. The predicted octanol–water partition coefficient (Wildman–Crippen LogP) is 17.3. The van der Waals surface area contributed by atoms with E-state index < -0.39 is 74.2 Å². The zero-order chi connectivity index (χ0) is 58.9. The third-order valence-electron chi connectivity index (χ3n) is 17.9. The first kappa shape index (κ1) is 78.1. The van der Waals surface area contributed by atoms with E-state index >= 15 is 0 Å². The van der Waals surface area contributed by atoms with Gasteiger partial charge >= 0.3 is 0 Å². The summed E-state index contributed by atoms with van der Waals surface area (Å²) in [6.07, 6.45) is 60.4. The lowest BCUT2D eigenvalue weighted by Gasteiger charge is -2.40. The number of unbranched alkanes of at least 4 members (excludes halogenated alkanes) is 52. The monoisotopic (exact) mass is 1150 g/mol. The van der Waals surface area contributed by atoms with Crippen LogP contribution in [0, 0.1) is 0 Å². The average molecular weight is 1150 g/mol. The number of hydrogen-bond donors (Lipinski definition) is 8. The van der Waals surface area contributed by atoms with Crippen LogP contribution in [0.1, 0.15) is 373 Å². The average Bonchev–Trinajstić information content (AvgIpc) is 3.51.